The van der Waals surface area contributed by atoms with Crippen LogP contribution in [0.3, 0.4) is 0 Å². The highest BCUT2D eigenvalue weighted by atomic mass is 14.9. The van der Waals surface area contributed by atoms with Gasteiger partial charge in [0.2, 0.25) is 0 Å². The topological polar surface area (TPSA) is 12.0 Å². The van der Waals surface area contributed by atoms with E-state index < -0.39 is 0 Å². The zero-order chi connectivity index (χ0) is 9.26. The van der Waals surface area contributed by atoms with Gasteiger partial charge in [-0.2, -0.15) is 0 Å². The van der Waals surface area contributed by atoms with Crippen molar-refractivity contribution in [2.24, 2.45) is 0 Å². The molecule has 0 radical (unpaired) electrons. The smallest absolute Gasteiger partial charge is 0.0377 e. The summed E-state index contributed by atoms with van der Waals surface area (Å²) in [4.78, 5) is 0. The Balaban J connectivity index is 2.39. The van der Waals surface area contributed by atoms with Crippen LogP contribution in [0.2, 0.25) is 0 Å². The molecule has 0 bridgehead atoms. The van der Waals surface area contributed by atoms with E-state index >= 15 is 0 Å². The molecule has 1 aliphatic rings. The number of rotatable bonds is 1. The van der Waals surface area contributed by atoms with E-state index in [0.717, 1.165) is 6.42 Å². The molecular weight excluding hydrogens is 158 g/mol. The molecule has 1 aromatic carbocycles. The van der Waals surface area contributed by atoms with Gasteiger partial charge in [0, 0.05) is 11.7 Å². The normalized spacial score (nSPS) is 20.6. The molecule has 0 saturated heterocycles. The van der Waals surface area contributed by atoms with E-state index in [1.54, 1.807) is 5.56 Å². The van der Waals surface area contributed by atoms with Crippen molar-refractivity contribution in [1.29, 1.82) is 0 Å². The highest BCUT2D eigenvalue weighted by Crippen LogP contribution is 2.27. The average Bonchev–Trinajstić information content (AvgIpc) is 2.16. The minimum absolute atomic E-state index is 0.639. The molecule has 0 fully saturated rings. The largest absolute Gasteiger partial charge is 0.382 e. The summed E-state index contributed by atoms with van der Waals surface area (Å²) < 4.78 is 0. The summed E-state index contributed by atoms with van der Waals surface area (Å²) in [5.74, 6) is 0. The number of benzene rings is 1. The van der Waals surface area contributed by atoms with E-state index in [9.17, 15) is 0 Å². The lowest BCUT2D eigenvalue weighted by Gasteiger charge is -2.25. The first-order valence-corrected chi connectivity index (χ1v) is 5.18. The van der Waals surface area contributed by atoms with Gasteiger partial charge < -0.3 is 5.32 Å². The summed E-state index contributed by atoms with van der Waals surface area (Å²) in [5, 5.41) is 3.53. The lowest BCUT2D eigenvalue weighted by Crippen LogP contribution is -2.22. The van der Waals surface area contributed by atoms with Crippen molar-refractivity contribution in [2.45, 2.75) is 39.2 Å². The van der Waals surface area contributed by atoms with Gasteiger partial charge in [0.05, 0.1) is 0 Å². The van der Waals surface area contributed by atoms with E-state index in [2.05, 4.69) is 37.4 Å². The summed E-state index contributed by atoms with van der Waals surface area (Å²) in [6, 6.07) is 7.24. The van der Waals surface area contributed by atoms with E-state index in [1.807, 2.05) is 0 Å². The summed E-state index contributed by atoms with van der Waals surface area (Å²) in [7, 11) is 0. The highest BCUT2D eigenvalue weighted by Gasteiger charge is 2.15. The third-order valence-corrected chi connectivity index (χ3v) is 2.88. The fraction of sp³-hybridized carbons (Fsp3) is 0.500. The van der Waals surface area contributed by atoms with E-state index in [0.29, 0.717) is 6.04 Å². The molecule has 0 saturated carbocycles. The van der Waals surface area contributed by atoms with E-state index in [-0.39, 0.29) is 0 Å². The summed E-state index contributed by atoms with van der Waals surface area (Å²) in [6.45, 7) is 4.48. The molecule has 1 unspecified atom stereocenters. The number of anilines is 1. The zero-order valence-electron chi connectivity index (χ0n) is 8.43. The molecule has 1 nitrogen and oxygen atoms in total. The van der Waals surface area contributed by atoms with Gasteiger partial charge in [-0.25, -0.2) is 0 Å². The lowest BCUT2D eigenvalue weighted by molar-refractivity contribution is 0.676. The van der Waals surface area contributed by atoms with Crippen molar-refractivity contribution < 1.29 is 0 Å². The van der Waals surface area contributed by atoms with Crippen molar-refractivity contribution in [3.63, 3.8) is 0 Å². The highest BCUT2D eigenvalue weighted by molar-refractivity contribution is 5.57. The summed E-state index contributed by atoms with van der Waals surface area (Å²) in [5.41, 5.74) is 4.41. The second kappa shape index (κ2) is 3.41. The molecule has 1 atom stereocenters. The Bertz CT molecular complexity index is 304. The van der Waals surface area contributed by atoms with Crippen molar-refractivity contribution >= 4 is 5.69 Å². The third-order valence-electron chi connectivity index (χ3n) is 2.88. The maximum absolute atomic E-state index is 3.53. The Labute approximate surface area is 80.2 Å². The molecule has 0 amide bonds. The van der Waals surface area contributed by atoms with Gasteiger partial charge in [-0.1, -0.05) is 19.1 Å². The molecule has 1 heterocycles. The first kappa shape index (κ1) is 8.61. The van der Waals surface area contributed by atoms with Crippen LogP contribution < -0.4 is 5.32 Å². The molecule has 0 spiro atoms. The van der Waals surface area contributed by atoms with Crippen molar-refractivity contribution in [1.82, 2.24) is 0 Å². The minimum atomic E-state index is 0.639. The Morgan fingerprint density at radius 1 is 1.46 bits per heavy atom. The molecule has 0 aromatic heterocycles. The molecule has 70 valence electrons. The second-order valence-electron chi connectivity index (χ2n) is 3.88. The van der Waals surface area contributed by atoms with Crippen molar-refractivity contribution in [2.75, 3.05) is 5.32 Å². The van der Waals surface area contributed by atoms with Crippen LogP contribution in [0.4, 0.5) is 5.69 Å². The van der Waals surface area contributed by atoms with Gasteiger partial charge in [-0.15, -0.1) is 0 Å². The summed E-state index contributed by atoms with van der Waals surface area (Å²) in [6.07, 6.45) is 3.66. The number of nitrogens with one attached hydrogen (secondary N) is 1. The Kier molecular flexibility index (Phi) is 2.26. The Hall–Kier alpha value is -0.980. The fourth-order valence-corrected chi connectivity index (χ4v) is 2.09. The Morgan fingerprint density at radius 2 is 2.31 bits per heavy atom. The fourth-order valence-electron chi connectivity index (χ4n) is 2.09. The van der Waals surface area contributed by atoms with Crippen LogP contribution >= 0.6 is 0 Å². The quantitative estimate of drug-likeness (QED) is 0.692. The Morgan fingerprint density at radius 3 is 3.08 bits per heavy atom. The minimum Gasteiger partial charge on any atom is -0.382 e. The van der Waals surface area contributed by atoms with Gasteiger partial charge >= 0.3 is 0 Å². The first-order chi connectivity index (χ1) is 6.31. The number of hydrogen-bond donors (Lipinski definition) is 1. The predicted octanol–water partition coefficient (Wildman–Crippen LogP) is 3.00. The van der Waals surface area contributed by atoms with Crippen LogP contribution in [-0.2, 0) is 12.8 Å². The average molecular weight is 175 g/mol. The van der Waals surface area contributed by atoms with Crippen molar-refractivity contribution in [3.8, 4) is 0 Å². The van der Waals surface area contributed by atoms with Gasteiger partial charge in [0.15, 0.2) is 0 Å². The molecule has 2 rings (SSSR count). The first-order valence-electron chi connectivity index (χ1n) is 5.18. The SMILES string of the molecule is CCc1cccc2c1CCC(C)N2. The number of aryl methyl sites for hydroxylation is 1. The number of hydrogen-bond acceptors (Lipinski definition) is 1. The number of fused-ring (bicyclic) bond motifs is 1. The maximum atomic E-state index is 3.53. The van der Waals surface area contributed by atoms with E-state index in [1.165, 1.54) is 24.1 Å². The van der Waals surface area contributed by atoms with Gasteiger partial charge in [-0.3, -0.25) is 0 Å². The van der Waals surface area contributed by atoms with E-state index in [4.69, 9.17) is 0 Å². The summed E-state index contributed by atoms with van der Waals surface area (Å²) >= 11 is 0. The second-order valence-corrected chi connectivity index (χ2v) is 3.88. The van der Waals surface area contributed by atoms with Crippen LogP contribution in [0, 0.1) is 0 Å². The zero-order valence-corrected chi connectivity index (χ0v) is 8.43. The van der Waals surface area contributed by atoms with Crippen LogP contribution in [0.5, 0.6) is 0 Å². The molecular formula is C12H17N. The standard InChI is InChI=1S/C12H17N/c1-3-10-5-4-6-12-11(10)8-7-9(2)13-12/h4-6,9,13H,3,7-8H2,1-2H3. The molecule has 1 heteroatoms. The van der Waals surface area contributed by atoms with Gasteiger partial charge in [0.1, 0.15) is 0 Å². The predicted molar refractivity (Wildman–Crippen MR) is 57.2 cm³/mol. The monoisotopic (exact) mass is 175 g/mol. The van der Waals surface area contributed by atoms with Crippen molar-refractivity contribution in [3.05, 3.63) is 29.3 Å². The molecule has 1 aromatic rings. The van der Waals surface area contributed by atoms with Crippen LogP contribution in [0.25, 0.3) is 0 Å². The molecule has 1 aliphatic heterocycles. The molecule has 0 aliphatic carbocycles. The molecule has 13 heavy (non-hydrogen) atoms. The third kappa shape index (κ3) is 1.55. The van der Waals surface area contributed by atoms with Crippen LogP contribution in [-0.4, -0.2) is 6.04 Å². The van der Waals surface area contributed by atoms with Crippen LogP contribution in [0.1, 0.15) is 31.4 Å². The van der Waals surface area contributed by atoms with Crippen LogP contribution in [0.15, 0.2) is 18.2 Å². The van der Waals surface area contributed by atoms with Gasteiger partial charge in [-0.05, 0) is 43.4 Å². The lowest BCUT2D eigenvalue weighted by atomic mass is 9.93. The maximum Gasteiger partial charge on any atom is 0.0377 e. The van der Waals surface area contributed by atoms with Gasteiger partial charge in [0.25, 0.3) is 0 Å². The molecule has 1 N–H and O–H groups in total.